The number of ether oxygens (including phenoxy) is 4. The molecule has 2 heterocycles. The molecule has 3 amide bonds. The SMILES string of the molecule is CO[C@H]1/C=C\C=C(/C)C(=O)NC2=CC(=O)C(NCC3CCCN(C(=O)OC(C)(C)C)C3)=C(C[C@@H](C)C[C@H](OC)[C@H](O)[C@@H](C)/C=C(\C)[C@@H]1OC(N)=O)C2=O. The van der Waals surface area contributed by atoms with Crippen LogP contribution >= 0.6 is 0 Å². The lowest BCUT2D eigenvalue weighted by atomic mass is 9.85. The van der Waals surface area contributed by atoms with Crippen LogP contribution in [0.2, 0.25) is 0 Å². The second kappa shape index (κ2) is 19.2. The molecule has 0 saturated carbocycles. The second-order valence-corrected chi connectivity index (χ2v) is 15.2. The number of rotatable bonds is 6. The fourth-order valence-electron chi connectivity index (χ4n) is 6.75. The number of Topliss-reactive ketones (excluding diaryl/α,β-unsaturated/α-hetero) is 1. The first-order valence-electron chi connectivity index (χ1n) is 18.1. The fraction of sp³-hybridized carbons (Fsp3) is 0.615. The maximum atomic E-state index is 14.1. The van der Waals surface area contributed by atoms with Crippen LogP contribution in [0.4, 0.5) is 9.59 Å². The molecule has 0 aromatic carbocycles. The molecule has 0 radical (unpaired) electrons. The molecule has 53 heavy (non-hydrogen) atoms. The van der Waals surface area contributed by atoms with Crippen molar-refractivity contribution in [3.63, 3.8) is 0 Å². The molecule has 0 aromatic rings. The molecular formula is C39H58N4O10. The van der Waals surface area contributed by atoms with Gasteiger partial charge in [-0.15, -0.1) is 0 Å². The van der Waals surface area contributed by atoms with Gasteiger partial charge in [0.05, 0.1) is 23.6 Å². The number of likely N-dealkylation sites (tertiary alicyclic amines) is 1. The number of nitrogens with zero attached hydrogens (tertiary/aromatic N) is 1. The van der Waals surface area contributed by atoms with Crippen molar-refractivity contribution in [2.24, 2.45) is 23.5 Å². The van der Waals surface area contributed by atoms with Crippen LogP contribution in [-0.2, 0) is 33.3 Å². The lowest BCUT2D eigenvalue weighted by Crippen LogP contribution is -2.45. The van der Waals surface area contributed by atoms with Gasteiger partial charge < -0.3 is 45.3 Å². The van der Waals surface area contributed by atoms with E-state index in [0.717, 1.165) is 18.9 Å². The number of carbonyl (C=O) groups is 5. The molecule has 7 atom stereocenters. The number of nitrogens with one attached hydrogen (secondary N) is 2. The zero-order valence-corrected chi connectivity index (χ0v) is 32.5. The first-order valence-corrected chi connectivity index (χ1v) is 18.1. The summed E-state index contributed by atoms with van der Waals surface area (Å²) in [6, 6.07) is 0. The molecule has 5 N–H and O–H groups in total. The van der Waals surface area contributed by atoms with Crippen LogP contribution in [0.15, 0.2) is 58.5 Å². The number of nitrogens with two attached hydrogens (primary N) is 1. The van der Waals surface area contributed by atoms with Crippen molar-refractivity contribution in [1.29, 1.82) is 0 Å². The molecule has 1 aliphatic carbocycles. The molecule has 294 valence electrons. The van der Waals surface area contributed by atoms with E-state index in [9.17, 15) is 29.1 Å². The molecule has 3 rings (SSSR count). The van der Waals surface area contributed by atoms with Crippen molar-refractivity contribution in [2.45, 2.75) is 104 Å². The number of amides is 3. The number of primary amides is 1. The highest BCUT2D eigenvalue weighted by Crippen LogP contribution is 2.29. The van der Waals surface area contributed by atoms with Gasteiger partial charge in [0.25, 0.3) is 5.91 Å². The van der Waals surface area contributed by atoms with E-state index in [1.54, 1.807) is 43.9 Å². The molecule has 1 unspecified atom stereocenters. The number of hydrogen-bond acceptors (Lipinski definition) is 11. The molecule has 1 saturated heterocycles. The molecule has 1 fully saturated rings. The molecule has 3 aliphatic rings. The van der Waals surface area contributed by atoms with E-state index in [1.807, 2.05) is 27.7 Å². The van der Waals surface area contributed by atoms with Crippen LogP contribution in [0.25, 0.3) is 0 Å². The van der Waals surface area contributed by atoms with E-state index in [-0.39, 0.29) is 40.8 Å². The Morgan fingerprint density at radius 3 is 2.43 bits per heavy atom. The number of ketones is 2. The van der Waals surface area contributed by atoms with Gasteiger partial charge >= 0.3 is 12.2 Å². The summed E-state index contributed by atoms with van der Waals surface area (Å²) < 4.78 is 22.3. The van der Waals surface area contributed by atoms with E-state index in [0.29, 0.717) is 31.6 Å². The minimum atomic E-state index is -1.01. The summed E-state index contributed by atoms with van der Waals surface area (Å²) in [4.78, 5) is 67.3. The third-order valence-electron chi connectivity index (χ3n) is 9.53. The van der Waals surface area contributed by atoms with E-state index < -0.39 is 65.6 Å². The lowest BCUT2D eigenvalue weighted by Gasteiger charge is -2.34. The predicted molar refractivity (Wildman–Crippen MR) is 198 cm³/mol. The Balaban J connectivity index is 1.98. The Morgan fingerprint density at radius 2 is 1.81 bits per heavy atom. The van der Waals surface area contributed by atoms with Crippen LogP contribution in [0.5, 0.6) is 0 Å². The summed E-state index contributed by atoms with van der Waals surface area (Å²) in [5, 5.41) is 17.3. The maximum absolute atomic E-state index is 14.1. The van der Waals surface area contributed by atoms with Crippen LogP contribution in [0.1, 0.15) is 74.1 Å². The Kier molecular flexibility index (Phi) is 15.6. The van der Waals surface area contributed by atoms with Gasteiger partial charge in [0.2, 0.25) is 11.6 Å². The maximum Gasteiger partial charge on any atom is 0.410 e. The van der Waals surface area contributed by atoms with Crippen molar-refractivity contribution in [1.82, 2.24) is 15.5 Å². The molecule has 2 bridgehead atoms. The summed E-state index contributed by atoms with van der Waals surface area (Å²) in [6.45, 7) is 13.8. The number of hydrogen-bond donors (Lipinski definition) is 4. The molecule has 14 heteroatoms. The predicted octanol–water partition coefficient (Wildman–Crippen LogP) is 4.00. The Labute approximate surface area is 312 Å². The van der Waals surface area contributed by atoms with E-state index in [1.165, 1.54) is 20.3 Å². The largest absolute Gasteiger partial charge is 0.444 e. The van der Waals surface area contributed by atoms with Crippen LogP contribution in [-0.4, -0.2) is 104 Å². The van der Waals surface area contributed by atoms with Crippen molar-refractivity contribution in [3.8, 4) is 0 Å². The van der Waals surface area contributed by atoms with Gasteiger partial charge in [-0.1, -0.05) is 38.2 Å². The zero-order valence-electron chi connectivity index (χ0n) is 32.5. The van der Waals surface area contributed by atoms with Crippen molar-refractivity contribution in [3.05, 3.63) is 58.5 Å². The molecule has 0 spiro atoms. The Bertz CT molecular complexity index is 1540. The van der Waals surface area contributed by atoms with Gasteiger partial charge in [0, 0.05) is 57.0 Å². The van der Waals surface area contributed by atoms with Crippen LogP contribution in [0.3, 0.4) is 0 Å². The highest BCUT2D eigenvalue weighted by molar-refractivity contribution is 6.23. The third kappa shape index (κ3) is 12.4. The summed E-state index contributed by atoms with van der Waals surface area (Å²) in [5.41, 5.74) is 5.76. The number of methoxy groups -OCH3 is 2. The zero-order chi connectivity index (χ0) is 39.6. The van der Waals surface area contributed by atoms with Crippen LogP contribution in [0, 0.1) is 17.8 Å². The average Bonchev–Trinajstić information content (AvgIpc) is 3.08. The van der Waals surface area contributed by atoms with E-state index >= 15 is 0 Å². The summed E-state index contributed by atoms with van der Waals surface area (Å²) in [7, 11) is 2.92. The first-order chi connectivity index (χ1) is 24.8. The molecule has 14 nitrogen and oxygen atoms in total. The standard InChI is InChI=1S/C39H58N4O10/c1-22-16-27-32(41-20-26-13-11-15-43(21-26)38(49)53-39(5,6)7)29(44)19-28(34(27)46)42-36(47)23(2)12-10-14-30(50-8)35(52-37(40)48)25(4)18-24(3)33(45)31(17-22)51-9/h10,12,14,18-19,22,24,26,30-31,33,35,41,45H,11,13,15-17,20-21H2,1-9H3,(H2,40,48)(H,42,47)/b14-10-,23-12+,25-18+/t22-,24+,26?,30+,31+,33-,35+/m1/s1. The number of allylic oxidation sites excluding steroid dienone is 4. The quantitative estimate of drug-likeness (QED) is 0.227. The number of aliphatic hydroxyl groups is 1. The van der Waals surface area contributed by atoms with Gasteiger partial charge in [-0.3, -0.25) is 14.4 Å². The van der Waals surface area contributed by atoms with Gasteiger partial charge in [0.1, 0.15) is 11.7 Å². The Hall–Kier alpha value is -4.27. The molecular weight excluding hydrogens is 684 g/mol. The molecule has 2 aliphatic heterocycles. The topological polar surface area (TPSA) is 196 Å². The van der Waals surface area contributed by atoms with Gasteiger partial charge in [0.15, 0.2) is 6.10 Å². The second-order valence-electron chi connectivity index (χ2n) is 15.2. The van der Waals surface area contributed by atoms with Gasteiger partial charge in [-0.2, -0.15) is 0 Å². The van der Waals surface area contributed by atoms with Crippen molar-refractivity contribution >= 4 is 29.7 Å². The lowest BCUT2D eigenvalue weighted by molar-refractivity contribution is -0.120. The van der Waals surface area contributed by atoms with Crippen molar-refractivity contribution < 1.29 is 48.0 Å². The number of carbonyl (C=O) groups excluding carboxylic acids is 5. The smallest absolute Gasteiger partial charge is 0.410 e. The normalized spacial score (nSPS) is 31.0. The minimum absolute atomic E-state index is 0.00407. The van der Waals surface area contributed by atoms with Gasteiger partial charge in [-0.05, 0) is 77.7 Å². The summed E-state index contributed by atoms with van der Waals surface area (Å²) in [6.07, 6.45) is 4.74. The van der Waals surface area contributed by atoms with E-state index in [4.69, 9.17) is 24.7 Å². The number of fused-ring (bicyclic) bond motifs is 2. The number of aliphatic hydroxyl groups excluding tert-OH is 1. The Morgan fingerprint density at radius 1 is 1.11 bits per heavy atom. The highest BCUT2D eigenvalue weighted by Gasteiger charge is 2.35. The average molecular weight is 743 g/mol. The summed E-state index contributed by atoms with van der Waals surface area (Å²) in [5.74, 6) is -2.30. The number of piperidine rings is 1. The molecule has 0 aromatic heterocycles. The highest BCUT2D eigenvalue weighted by atomic mass is 16.6. The fourth-order valence-corrected chi connectivity index (χ4v) is 6.75. The third-order valence-corrected chi connectivity index (χ3v) is 9.53. The first kappa shape index (κ1) is 43.1. The van der Waals surface area contributed by atoms with Crippen LogP contribution < -0.4 is 16.4 Å². The minimum Gasteiger partial charge on any atom is -0.444 e. The monoisotopic (exact) mass is 742 g/mol. The van der Waals surface area contributed by atoms with Crippen molar-refractivity contribution in [2.75, 3.05) is 33.9 Å². The van der Waals surface area contributed by atoms with E-state index in [2.05, 4.69) is 10.6 Å². The van der Waals surface area contributed by atoms with Gasteiger partial charge in [-0.25, -0.2) is 9.59 Å². The summed E-state index contributed by atoms with van der Waals surface area (Å²) >= 11 is 0.